The number of halogens is 1. The summed E-state index contributed by atoms with van der Waals surface area (Å²) in [6, 6.07) is 16.0. The van der Waals surface area contributed by atoms with E-state index < -0.39 is 0 Å². The van der Waals surface area contributed by atoms with Gasteiger partial charge in [0, 0.05) is 38.0 Å². The lowest BCUT2D eigenvalue weighted by molar-refractivity contribution is 0.101. The predicted molar refractivity (Wildman–Crippen MR) is 116 cm³/mol. The molecule has 0 aliphatic heterocycles. The van der Waals surface area contributed by atoms with Gasteiger partial charge in [-0.15, -0.1) is 0 Å². The fourth-order valence-corrected chi connectivity index (χ4v) is 3.37. The number of rotatable bonds is 4. The second-order valence-electron chi connectivity index (χ2n) is 6.46. The topological polar surface area (TPSA) is 34.4 Å². The monoisotopic (exact) mass is 456 g/mol. The van der Waals surface area contributed by atoms with Crippen LogP contribution in [-0.2, 0) is 0 Å². The zero-order chi connectivity index (χ0) is 18.8. The minimum atomic E-state index is 0.0503. The highest BCUT2D eigenvalue weighted by molar-refractivity contribution is 14.1. The molecule has 4 heteroatoms. The first-order valence-electron chi connectivity index (χ1n) is 8.47. The molecule has 3 rings (SSSR count). The third-order valence-electron chi connectivity index (χ3n) is 4.48. The molecule has 0 aliphatic rings. The van der Waals surface area contributed by atoms with Crippen LogP contribution in [0.3, 0.4) is 0 Å². The van der Waals surface area contributed by atoms with Gasteiger partial charge in [0.2, 0.25) is 0 Å². The highest BCUT2D eigenvalue weighted by Crippen LogP contribution is 2.23. The van der Waals surface area contributed by atoms with Crippen molar-refractivity contribution in [2.75, 3.05) is 0 Å². The van der Waals surface area contributed by atoms with E-state index in [1.54, 1.807) is 6.92 Å². The van der Waals surface area contributed by atoms with Crippen LogP contribution in [0.5, 0.6) is 0 Å². The first-order chi connectivity index (χ1) is 12.4. The smallest absolute Gasteiger partial charge is 0.159 e. The molecule has 26 heavy (non-hydrogen) atoms. The summed E-state index contributed by atoms with van der Waals surface area (Å²) in [5.74, 6) is 0.0503. The Bertz CT molecular complexity index is 1010. The van der Waals surface area contributed by atoms with Crippen molar-refractivity contribution in [2.45, 2.75) is 27.7 Å². The van der Waals surface area contributed by atoms with Crippen molar-refractivity contribution in [1.29, 1.82) is 0 Å². The molecule has 0 aliphatic carbocycles. The molecule has 132 valence electrons. The first-order valence-corrected chi connectivity index (χ1v) is 9.55. The fraction of sp³-hybridized carbons (Fsp3) is 0.182. The van der Waals surface area contributed by atoms with Crippen molar-refractivity contribution in [3.05, 3.63) is 80.2 Å². The van der Waals surface area contributed by atoms with Gasteiger partial charge >= 0.3 is 0 Å². The Hall–Kier alpha value is -2.21. The lowest BCUT2D eigenvalue weighted by Gasteiger charge is -2.11. The van der Waals surface area contributed by atoms with E-state index in [1.807, 2.05) is 30.5 Å². The highest BCUT2D eigenvalue weighted by atomic mass is 127. The Kier molecular flexibility index (Phi) is 5.41. The van der Waals surface area contributed by atoms with E-state index >= 15 is 0 Å². The standard InChI is InChI=1S/C22H21IN2O/c1-14-10-21(8-9-22(14)23)25-15(2)11-19(16(25)3)13-24-20-7-5-6-18(12-20)17(4)26/h5-13H,1-4H3. The summed E-state index contributed by atoms with van der Waals surface area (Å²) in [7, 11) is 0. The van der Waals surface area contributed by atoms with Crippen LogP contribution in [0, 0.1) is 24.3 Å². The summed E-state index contributed by atoms with van der Waals surface area (Å²) < 4.78 is 3.51. The molecule has 0 saturated heterocycles. The van der Waals surface area contributed by atoms with Crippen LogP contribution in [-0.4, -0.2) is 16.6 Å². The molecule has 0 fully saturated rings. The number of aromatic nitrogens is 1. The van der Waals surface area contributed by atoms with Crippen LogP contribution >= 0.6 is 22.6 Å². The van der Waals surface area contributed by atoms with E-state index in [4.69, 9.17) is 0 Å². The third-order valence-corrected chi connectivity index (χ3v) is 5.69. The maximum Gasteiger partial charge on any atom is 0.159 e. The maximum absolute atomic E-state index is 11.5. The van der Waals surface area contributed by atoms with Crippen LogP contribution in [0.15, 0.2) is 53.5 Å². The molecular formula is C22H21IN2O. The molecule has 2 aromatic carbocycles. The van der Waals surface area contributed by atoms with Gasteiger partial charge in [-0.1, -0.05) is 12.1 Å². The summed E-state index contributed by atoms with van der Waals surface area (Å²) in [5, 5.41) is 0. The van der Waals surface area contributed by atoms with Crippen molar-refractivity contribution in [3.8, 4) is 5.69 Å². The molecule has 0 N–H and O–H groups in total. The summed E-state index contributed by atoms with van der Waals surface area (Å²) in [6.45, 7) is 7.91. The molecule has 1 aromatic heterocycles. The van der Waals surface area contributed by atoms with E-state index in [1.165, 1.54) is 14.8 Å². The number of hydrogen-bond donors (Lipinski definition) is 0. The number of carbonyl (C=O) groups excluding carboxylic acids is 1. The number of aryl methyl sites for hydroxylation is 2. The number of aliphatic imine (C=N–C) groups is 1. The predicted octanol–water partition coefficient (Wildman–Crippen LogP) is 5.96. The molecule has 0 bridgehead atoms. The van der Waals surface area contributed by atoms with Crippen molar-refractivity contribution in [1.82, 2.24) is 4.57 Å². The van der Waals surface area contributed by atoms with Gasteiger partial charge in [-0.2, -0.15) is 0 Å². The van der Waals surface area contributed by atoms with Crippen molar-refractivity contribution < 1.29 is 4.79 Å². The Morgan fingerprint density at radius 3 is 2.54 bits per heavy atom. The molecular weight excluding hydrogens is 435 g/mol. The van der Waals surface area contributed by atoms with Crippen LogP contribution < -0.4 is 0 Å². The van der Waals surface area contributed by atoms with Gasteiger partial charge < -0.3 is 4.57 Å². The van der Waals surface area contributed by atoms with Crippen molar-refractivity contribution in [2.24, 2.45) is 4.99 Å². The number of carbonyl (C=O) groups is 1. The van der Waals surface area contributed by atoms with Crippen LogP contribution in [0.1, 0.15) is 39.8 Å². The van der Waals surface area contributed by atoms with Crippen molar-refractivity contribution in [3.63, 3.8) is 0 Å². The Balaban J connectivity index is 1.96. The summed E-state index contributed by atoms with van der Waals surface area (Å²) >= 11 is 2.36. The molecule has 0 spiro atoms. The largest absolute Gasteiger partial charge is 0.318 e. The molecule has 0 atom stereocenters. The van der Waals surface area contributed by atoms with Crippen LogP contribution in [0.4, 0.5) is 5.69 Å². The van der Waals surface area contributed by atoms with E-state index in [0.29, 0.717) is 5.56 Å². The number of nitrogens with zero attached hydrogens (tertiary/aromatic N) is 2. The molecule has 1 heterocycles. The Morgan fingerprint density at radius 1 is 1.08 bits per heavy atom. The molecule has 0 radical (unpaired) electrons. The molecule has 0 amide bonds. The maximum atomic E-state index is 11.5. The number of Topliss-reactive ketones (excluding diaryl/α,β-unsaturated/α-hetero) is 1. The van der Waals surface area contributed by atoms with Crippen molar-refractivity contribution >= 4 is 40.3 Å². The zero-order valence-corrected chi connectivity index (χ0v) is 17.5. The van der Waals surface area contributed by atoms with Gasteiger partial charge in [0.15, 0.2) is 5.78 Å². The first kappa shape index (κ1) is 18.6. The number of benzene rings is 2. The molecule has 3 aromatic rings. The van der Waals surface area contributed by atoms with E-state index in [2.05, 4.69) is 77.2 Å². The Morgan fingerprint density at radius 2 is 1.85 bits per heavy atom. The zero-order valence-electron chi connectivity index (χ0n) is 15.4. The minimum Gasteiger partial charge on any atom is -0.318 e. The molecule has 0 saturated carbocycles. The second-order valence-corrected chi connectivity index (χ2v) is 7.62. The fourth-order valence-electron chi connectivity index (χ4n) is 3.03. The second kappa shape index (κ2) is 7.58. The highest BCUT2D eigenvalue weighted by Gasteiger charge is 2.10. The van der Waals surface area contributed by atoms with Gasteiger partial charge in [0.05, 0.1) is 5.69 Å². The normalized spacial score (nSPS) is 11.3. The average Bonchev–Trinajstić information content (AvgIpc) is 2.89. The lowest BCUT2D eigenvalue weighted by Crippen LogP contribution is -2.00. The number of hydrogen-bond acceptors (Lipinski definition) is 2. The quantitative estimate of drug-likeness (QED) is 0.271. The van der Waals surface area contributed by atoms with E-state index in [9.17, 15) is 4.79 Å². The van der Waals surface area contributed by atoms with Gasteiger partial charge in [0.1, 0.15) is 0 Å². The number of ketones is 1. The van der Waals surface area contributed by atoms with E-state index in [-0.39, 0.29) is 5.78 Å². The molecule has 3 nitrogen and oxygen atoms in total. The summed E-state index contributed by atoms with van der Waals surface area (Å²) in [6.07, 6.45) is 1.87. The van der Waals surface area contributed by atoms with Crippen LogP contribution in [0.2, 0.25) is 0 Å². The summed E-state index contributed by atoms with van der Waals surface area (Å²) in [4.78, 5) is 16.1. The average molecular weight is 456 g/mol. The van der Waals surface area contributed by atoms with Gasteiger partial charge in [-0.3, -0.25) is 9.79 Å². The lowest BCUT2D eigenvalue weighted by atomic mass is 10.1. The van der Waals surface area contributed by atoms with Gasteiger partial charge in [-0.25, -0.2) is 0 Å². The minimum absolute atomic E-state index is 0.0503. The SMILES string of the molecule is CC(=O)c1cccc(N=Cc2cc(C)n(-c3ccc(I)c(C)c3)c2C)c1. The third kappa shape index (κ3) is 3.80. The molecule has 0 unspecified atom stereocenters. The van der Waals surface area contributed by atoms with Gasteiger partial charge in [-0.05, 0) is 92.2 Å². The summed E-state index contributed by atoms with van der Waals surface area (Å²) in [5.41, 5.74) is 7.29. The van der Waals surface area contributed by atoms with Gasteiger partial charge in [0.25, 0.3) is 0 Å². The Labute approximate surface area is 167 Å². The van der Waals surface area contributed by atoms with E-state index in [0.717, 1.165) is 22.6 Å². The van der Waals surface area contributed by atoms with Crippen LogP contribution in [0.25, 0.3) is 5.69 Å².